The summed E-state index contributed by atoms with van der Waals surface area (Å²) in [5, 5.41) is 5.72. The van der Waals surface area contributed by atoms with Gasteiger partial charge in [0.1, 0.15) is 5.82 Å². The predicted octanol–water partition coefficient (Wildman–Crippen LogP) is 3.80. The molecule has 2 amide bonds. The van der Waals surface area contributed by atoms with E-state index in [1.165, 1.54) is 0 Å². The standard InChI is InChI=1S/C23H25ClF3N5O2/c24-18-13-15(23(25,26)27)14-28-21(18)32-11-9-31(10-12-32)8-7-20(33)30-19-4-2-1-3-17(19)22(34)29-16-5-6-16/h1-4,13-14,16H,5-12H2,(H,29,34)(H,30,33). The van der Waals surface area contributed by atoms with E-state index < -0.39 is 11.7 Å². The topological polar surface area (TPSA) is 77.6 Å². The molecule has 0 spiro atoms. The van der Waals surface area contributed by atoms with Crippen molar-refractivity contribution in [1.29, 1.82) is 0 Å². The number of alkyl halides is 3. The largest absolute Gasteiger partial charge is 0.417 e. The average Bonchev–Trinajstić information content (AvgIpc) is 3.62. The normalized spacial score (nSPS) is 16.9. The van der Waals surface area contributed by atoms with Crippen LogP contribution in [0.2, 0.25) is 5.02 Å². The molecule has 2 heterocycles. The van der Waals surface area contributed by atoms with Crippen LogP contribution in [0.4, 0.5) is 24.7 Å². The fourth-order valence-corrected chi connectivity index (χ4v) is 4.04. The summed E-state index contributed by atoms with van der Waals surface area (Å²) in [5.74, 6) is -0.0558. The van der Waals surface area contributed by atoms with Crippen LogP contribution in [0.25, 0.3) is 0 Å². The maximum atomic E-state index is 12.8. The fourth-order valence-electron chi connectivity index (χ4n) is 3.75. The minimum absolute atomic E-state index is 0.0351. The maximum absolute atomic E-state index is 12.8. The Kier molecular flexibility index (Phi) is 7.27. The highest BCUT2D eigenvalue weighted by molar-refractivity contribution is 6.33. The Labute approximate surface area is 200 Å². The lowest BCUT2D eigenvalue weighted by atomic mass is 10.1. The van der Waals surface area contributed by atoms with Gasteiger partial charge in [-0.3, -0.25) is 14.5 Å². The van der Waals surface area contributed by atoms with Crippen molar-refractivity contribution in [2.24, 2.45) is 0 Å². The van der Waals surface area contributed by atoms with Gasteiger partial charge in [-0.15, -0.1) is 0 Å². The van der Waals surface area contributed by atoms with E-state index in [0.29, 0.717) is 49.8 Å². The molecule has 11 heteroatoms. The lowest BCUT2D eigenvalue weighted by Crippen LogP contribution is -2.47. The van der Waals surface area contributed by atoms with Crippen molar-refractivity contribution >= 4 is 34.9 Å². The van der Waals surface area contributed by atoms with Crippen LogP contribution in [0, 0.1) is 0 Å². The van der Waals surface area contributed by atoms with E-state index in [9.17, 15) is 22.8 Å². The zero-order valence-electron chi connectivity index (χ0n) is 18.4. The molecule has 182 valence electrons. The van der Waals surface area contributed by atoms with Crippen molar-refractivity contribution in [3.05, 3.63) is 52.7 Å². The number of halogens is 4. The van der Waals surface area contributed by atoms with Gasteiger partial charge < -0.3 is 15.5 Å². The van der Waals surface area contributed by atoms with Gasteiger partial charge in [0.15, 0.2) is 0 Å². The van der Waals surface area contributed by atoms with Crippen molar-refractivity contribution in [3.8, 4) is 0 Å². The van der Waals surface area contributed by atoms with E-state index in [2.05, 4.69) is 20.5 Å². The number of pyridine rings is 1. The van der Waals surface area contributed by atoms with Gasteiger partial charge in [0.2, 0.25) is 5.91 Å². The molecule has 2 aromatic rings. The zero-order chi connectivity index (χ0) is 24.3. The summed E-state index contributed by atoms with van der Waals surface area (Å²) in [4.78, 5) is 32.8. The highest BCUT2D eigenvalue weighted by atomic mass is 35.5. The summed E-state index contributed by atoms with van der Waals surface area (Å²) in [7, 11) is 0. The van der Waals surface area contributed by atoms with Crippen LogP contribution in [-0.2, 0) is 11.0 Å². The van der Waals surface area contributed by atoms with E-state index in [1.807, 2.05) is 4.90 Å². The quantitative estimate of drug-likeness (QED) is 0.611. The predicted molar refractivity (Wildman–Crippen MR) is 123 cm³/mol. The highest BCUT2D eigenvalue weighted by Gasteiger charge is 2.32. The molecule has 0 atom stereocenters. The number of amides is 2. The Balaban J connectivity index is 1.26. The number of para-hydroxylation sites is 1. The van der Waals surface area contributed by atoms with Crippen LogP contribution in [-0.4, -0.2) is 60.5 Å². The first-order valence-corrected chi connectivity index (χ1v) is 11.5. The minimum atomic E-state index is -4.49. The Morgan fingerprint density at radius 1 is 1.12 bits per heavy atom. The van der Waals surface area contributed by atoms with Crippen molar-refractivity contribution in [2.45, 2.75) is 31.5 Å². The third-order valence-corrected chi connectivity index (χ3v) is 6.11. The molecular formula is C23H25ClF3N5O2. The molecule has 1 aliphatic heterocycles. The second kappa shape index (κ2) is 10.2. The molecule has 0 unspecified atom stereocenters. The first-order chi connectivity index (χ1) is 16.2. The number of anilines is 2. The molecule has 1 aromatic carbocycles. The first-order valence-electron chi connectivity index (χ1n) is 11.1. The Hall–Kier alpha value is -2.85. The monoisotopic (exact) mass is 495 g/mol. The molecule has 1 saturated heterocycles. The third kappa shape index (κ3) is 6.18. The SMILES string of the molecule is O=C(CCN1CCN(c2ncc(C(F)(F)F)cc2Cl)CC1)Nc1ccccc1C(=O)NC1CC1. The van der Waals surface area contributed by atoms with Crippen LogP contribution in [0.5, 0.6) is 0 Å². The fraction of sp³-hybridized carbons (Fsp3) is 0.435. The Morgan fingerprint density at radius 2 is 1.82 bits per heavy atom. The number of carbonyl (C=O) groups excluding carboxylic acids is 2. The maximum Gasteiger partial charge on any atom is 0.417 e. The van der Waals surface area contributed by atoms with Crippen molar-refractivity contribution in [2.75, 3.05) is 42.9 Å². The van der Waals surface area contributed by atoms with Crippen LogP contribution < -0.4 is 15.5 Å². The molecular weight excluding hydrogens is 471 g/mol. The number of nitrogens with one attached hydrogen (secondary N) is 2. The number of piperazine rings is 1. The lowest BCUT2D eigenvalue weighted by Gasteiger charge is -2.35. The van der Waals surface area contributed by atoms with Crippen molar-refractivity contribution in [1.82, 2.24) is 15.2 Å². The Morgan fingerprint density at radius 3 is 2.47 bits per heavy atom. The van der Waals surface area contributed by atoms with Gasteiger partial charge in [0, 0.05) is 51.4 Å². The molecule has 1 aliphatic carbocycles. The van der Waals surface area contributed by atoms with Crippen LogP contribution >= 0.6 is 11.6 Å². The number of carbonyl (C=O) groups is 2. The van der Waals surface area contributed by atoms with E-state index in [-0.39, 0.29) is 29.3 Å². The number of hydrogen-bond acceptors (Lipinski definition) is 5. The van der Waals surface area contributed by atoms with Crippen LogP contribution in [0.3, 0.4) is 0 Å². The second-order valence-electron chi connectivity index (χ2n) is 8.45. The second-order valence-corrected chi connectivity index (χ2v) is 8.85. The van der Waals surface area contributed by atoms with Gasteiger partial charge in [0.25, 0.3) is 5.91 Å². The van der Waals surface area contributed by atoms with Crippen LogP contribution in [0.1, 0.15) is 35.2 Å². The number of benzene rings is 1. The summed E-state index contributed by atoms with van der Waals surface area (Å²) in [5.41, 5.74) is 0.0493. The molecule has 2 fully saturated rings. The van der Waals surface area contributed by atoms with E-state index in [0.717, 1.165) is 25.1 Å². The van der Waals surface area contributed by atoms with E-state index >= 15 is 0 Å². The number of nitrogens with zero attached hydrogens (tertiary/aromatic N) is 3. The molecule has 0 bridgehead atoms. The lowest BCUT2D eigenvalue weighted by molar-refractivity contribution is -0.137. The van der Waals surface area contributed by atoms with Gasteiger partial charge in [0.05, 0.1) is 21.8 Å². The van der Waals surface area contributed by atoms with E-state index in [1.54, 1.807) is 24.3 Å². The molecule has 34 heavy (non-hydrogen) atoms. The summed E-state index contributed by atoms with van der Waals surface area (Å²) in [6, 6.07) is 8.04. The van der Waals surface area contributed by atoms with Gasteiger partial charge in [-0.1, -0.05) is 23.7 Å². The van der Waals surface area contributed by atoms with Gasteiger partial charge in [-0.05, 0) is 31.0 Å². The molecule has 1 saturated carbocycles. The number of rotatable bonds is 7. The third-order valence-electron chi connectivity index (χ3n) is 5.83. The summed E-state index contributed by atoms with van der Waals surface area (Å²) in [6.07, 6.45) is -1.49. The molecule has 4 rings (SSSR count). The van der Waals surface area contributed by atoms with E-state index in [4.69, 9.17) is 11.6 Å². The molecule has 2 aliphatic rings. The smallest absolute Gasteiger partial charge is 0.353 e. The molecule has 7 nitrogen and oxygen atoms in total. The molecule has 2 N–H and O–H groups in total. The molecule has 0 radical (unpaired) electrons. The van der Waals surface area contributed by atoms with Crippen molar-refractivity contribution < 1.29 is 22.8 Å². The van der Waals surface area contributed by atoms with Crippen molar-refractivity contribution in [3.63, 3.8) is 0 Å². The number of hydrogen-bond donors (Lipinski definition) is 2. The average molecular weight is 496 g/mol. The first kappa shape index (κ1) is 24.3. The van der Waals surface area contributed by atoms with Gasteiger partial charge in [-0.25, -0.2) is 4.98 Å². The Bertz CT molecular complexity index is 1050. The molecule has 1 aromatic heterocycles. The van der Waals surface area contributed by atoms with Gasteiger partial charge >= 0.3 is 6.18 Å². The summed E-state index contributed by atoms with van der Waals surface area (Å²) >= 11 is 6.05. The summed E-state index contributed by atoms with van der Waals surface area (Å²) < 4.78 is 38.5. The minimum Gasteiger partial charge on any atom is -0.353 e. The summed E-state index contributed by atoms with van der Waals surface area (Å²) in [6.45, 7) is 2.82. The van der Waals surface area contributed by atoms with Crippen LogP contribution in [0.15, 0.2) is 36.5 Å². The van der Waals surface area contributed by atoms with Gasteiger partial charge in [-0.2, -0.15) is 13.2 Å². The highest BCUT2D eigenvalue weighted by Crippen LogP contribution is 2.33. The number of aromatic nitrogens is 1. The zero-order valence-corrected chi connectivity index (χ0v) is 19.1.